The van der Waals surface area contributed by atoms with Crippen LogP contribution in [0.1, 0.15) is 40.0 Å². The maximum Gasteiger partial charge on any atom is 0.221 e. The molecule has 0 spiro atoms. The molecule has 5 nitrogen and oxygen atoms in total. The molecule has 1 N–H and O–H groups in total. The van der Waals surface area contributed by atoms with E-state index in [2.05, 4.69) is 24.1 Å². The van der Waals surface area contributed by atoms with E-state index in [-0.39, 0.29) is 11.8 Å². The van der Waals surface area contributed by atoms with Crippen molar-refractivity contribution in [2.45, 2.75) is 40.0 Å². The van der Waals surface area contributed by atoms with Crippen LogP contribution in [0.5, 0.6) is 0 Å². The second-order valence-corrected chi connectivity index (χ2v) is 5.95. The van der Waals surface area contributed by atoms with Crippen molar-refractivity contribution in [3.63, 3.8) is 0 Å². The first-order valence-electron chi connectivity index (χ1n) is 7.50. The van der Waals surface area contributed by atoms with Gasteiger partial charge < -0.3 is 15.1 Å². The minimum Gasteiger partial charge on any atom is -0.356 e. The Morgan fingerprint density at radius 1 is 1.10 bits per heavy atom. The quantitative estimate of drug-likeness (QED) is 0.659. The molecular weight excluding hydrogens is 254 g/mol. The topological polar surface area (TPSA) is 52.7 Å². The summed E-state index contributed by atoms with van der Waals surface area (Å²) in [6.07, 6.45) is 2.31. The summed E-state index contributed by atoms with van der Waals surface area (Å²) in [6, 6.07) is 0. The Hall–Kier alpha value is -1.10. The van der Waals surface area contributed by atoms with E-state index in [9.17, 15) is 9.59 Å². The van der Waals surface area contributed by atoms with Gasteiger partial charge in [0, 0.05) is 33.0 Å². The Bertz CT molecular complexity index is 291. The van der Waals surface area contributed by atoms with Gasteiger partial charge in [-0.1, -0.05) is 13.8 Å². The van der Waals surface area contributed by atoms with Crippen molar-refractivity contribution in [1.82, 2.24) is 15.1 Å². The summed E-state index contributed by atoms with van der Waals surface area (Å²) in [4.78, 5) is 27.0. The maximum atomic E-state index is 11.7. The first-order chi connectivity index (χ1) is 9.32. The van der Waals surface area contributed by atoms with Crippen LogP contribution in [-0.4, -0.2) is 61.9 Å². The van der Waals surface area contributed by atoms with Gasteiger partial charge in [-0.25, -0.2) is 0 Å². The molecule has 0 unspecified atom stereocenters. The predicted molar refractivity (Wildman–Crippen MR) is 82.5 cm³/mol. The Kier molecular flexibility index (Phi) is 10.1. The number of nitrogens with one attached hydrogen (secondary N) is 1. The Morgan fingerprint density at radius 2 is 1.75 bits per heavy atom. The molecule has 5 heteroatoms. The van der Waals surface area contributed by atoms with E-state index in [1.54, 1.807) is 11.8 Å². The van der Waals surface area contributed by atoms with Crippen molar-refractivity contribution >= 4 is 11.8 Å². The third-order valence-corrected chi connectivity index (χ3v) is 3.13. The van der Waals surface area contributed by atoms with E-state index in [0.29, 0.717) is 25.4 Å². The van der Waals surface area contributed by atoms with E-state index in [1.165, 1.54) is 0 Å². The molecule has 0 aliphatic carbocycles. The molecule has 2 amide bonds. The largest absolute Gasteiger partial charge is 0.356 e. The molecule has 0 aromatic rings. The third-order valence-electron chi connectivity index (χ3n) is 3.13. The smallest absolute Gasteiger partial charge is 0.221 e. The Labute approximate surface area is 123 Å². The average molecular weight is 285 g/mol. The zero-order valence-electron chi connectivity index (χ0n) is 13.7. The number of hydrogen-bond donors (Lipinski definition) is 1. The monoisotopic (exact) mass is 285 g/mol. The molecule has 0 aromatic carbocycles. The van der Waals surface area contributed by atoms with Gasteiger partial charge in [0.1, 0.15) is 0 Å². The van der Waals surface area contributed by atoms with Crippen LogP contribution in [0.25, 0.3) is 0 Å². The molecule has 0 aliphatic rings. The zero-order valence-corrected chi connectivity index (χ0v) is 13.7. The van der Waals surface area contributed by atoms with Gasteiger partial charge in [0.05, 0.1) is 0 Å². The van der Waals surface area contributed by atoms with Crippen molar-refractivity contribution < 1.29 is 9.59 Å². The number of amides is 2. The summed E-state index contributed by atoms with van der Waals surface area (Å²) in [7, 11) is 4.03. The number of rotatable bonds is 10. The van der Waals surface area contributed by atoms with Gasteiger partial charge in [0.25, 0.3) is 0 Å². The minimum atomic E-state index is 0.0320. The van der Waals surface area contributed by atoms with Crippen molar-refractivity contribution in [2.75, 3.05) is 40.3 Å². The highest BCUT2D eigenvalue weighted by molar-refractivity contribution is 5.77. The summed E-state index contributed by atoms with van der Waals surface area (Å²) in [5.74, 6) is 0.665. The summed E-state index contributed by atoms with van der Waals surface area (Å²) in [5.41, 5.74) is 0. The van der Waals surface area contributed by atoms with Crippen molar-refractivity contribution in [3.05, 3.63) is 0 Å². The molecule has 118 valence electrons. The predicted octanol–water partition coefficient (Wildman–Crippen LogP) is 1.34. The fraction of sp³-hybridized carbons (Fsp3) is 0.867. The number of carbonyl (C=O) groups is 2. The van der Waals surface area contributed by atoms with Crippen LogP contribution in [0.2, 0.25) is 0 Å². The lowest BCUT2D eigenvalue weighted by molar-refractivity contribution is -0.129. The summed E-state index contributed by atoms with van der Waals surface area (Å²) < 4.78 is 0. The van der Waals surface area contributed by atoms with E-state index in [1.807, 2.05) is 14.1 Å². The van der Waals surface area contributed by atoms with Crippen LogP contribution < -0.4 is 5.32 Å². The van der Waals surface area contributed by atoms with Crippen molar-refractivity contribution in [1.29, 1.82) is 0 Å². The molecule has 0 saturated heterocycles. The second-order valence-electron chi connectivity index (χ2n) is 5.95. The molecule has 0 aliphatic heterocycles. The van der Waals surface area contributed by atoms with Crippen molar-refractivity contribution in [3.8, 4) is 0 Å². The first-order valence-corrected chi connectivity index (χ1v) is 7.50. The van der Waals surface area contributed by atoms with Crippen LogP contribution in [0.4, 0.5) is 0 Å². The highest BCUT2D eigenvalue weighted by Gasteiger charge is 2.11. The summed E-state index contributed by atoms with van der Waals surface area (Å²) >= 11 is 0. The number of nitrogens with zero attached hydrogens (tertiary/aromatic N) is 2. The van der Waals surface area contributed by atoms with E-state index in [0.717, 1.165) is 25.9 Å². The zero-order chi connectivity index (χ0) is 15.5. The molecule has 0 heterocycles. The Morgan fingerprint density at radius 3 is 2.25 bits per heavy atom. The molecule has 0 aromatic heterocycles. The van der Waals surface area contributed by atoms with Gasteiger partial charge >= 0.3 is 0 Å². The molecule has 0 fully saturated rings. The van der Waals surface area contributed by atoms with Gasteiger partial charge in [-0.3, -0.25) is 9.59 Å². The van der Waals surface area contributed by atoms with E-state index < -0.39 is 0 Å². The second kappa shape index (κ2) is 10.7. The lowest BCUT2D eigenvalue weighted by Gasteiger charge is -2.21. The van der Waals surface area contributed by atoms with Crippen LogP contribution in [-0.2, 0) is 9.59 Å². The van der Waals surface area contributed by atoms with Crippen LogP contribution in [0.15, 0.2) is 0 Å². The minimum absolute atomic E-state index is 0.0320. The highest BCUT2D eigenvalue weighted by atomic mass is 16.2. The van der Waals surface area contributed by atoms with Crippen LogP contribution >= 0.6 is 0 Å². The van der Waals surface area contributed by atoms with Gasteiger partial charge in [0.15, 0.2) is 0 Å². The molecule has 0 radical (unpaired) electrons. The average Bonchev–Trinajstić information content (AvgIpc) is 2.32. The van der Waals surface area contributed by atoms with Gasteiger partial charge in [0.2, 0.25) is 11.8 Å². The molecule has 0 rings (SSSR count). The van der Waals surface area contributed by atoms with Gasteiger partial charge in [-0.2, -0.15) is 0 Å². The first kappa shape index (κ1) is 18.9. The number of carbonyl (C=O) groups excluding carboxylic acids is 2. The lowest BCUT2D eigenvalue weighted by atomic mass is 10.1. The lowest BCUT2D eigenvalue weighted by Crippen LogP contribution is -2.35. The van der Waals surface area contributed by atoms with Gasteiger partial charge in [-0.05, 0) is 39.4 Å². The maximum absolute atomic E-state index is 11.7. The summed E-state index contributed by atoms with van der Waals surface area (Å²) in [5, 5.41) is 2.90. The van der Waals surface area contributed by atoms with E-state index >= 15 is 0 Å². The molecule has 0 atom stereocenters. The Balaban J connectivity index is 3.89. The van der Waals surface area contributed by atoms with Crippen LogP contribution in [0, 0.1) is 5.92 Å². The summed E-state index contributed by atoms with van der Waals surface area (Å²) in [6.45, 7) is 8.72. The molecule has 20 heavy (non-hydrogen) atoms. The van der Waals surface area contributed by atoms with E-state index in [4.69, 9.17) is 0 Å². The SMILES string of the molecule is CC(=O)N(CCCN(C)C)CCC(=O)NCCC(C)C. The van der Waals surface area contributed by atoms with Gasteiger partial charge in [-0.15, -0.1) is 0 Å². The fourth-order valence-electron chi connectivity index (χ4n) is 1.83. The number of hydrogen-bond acceptors (Lipinski definition) is 3. The standard InChI is InChI=1S/C15H31N3O2/c1-13(2)7-9-16-15(20)8-12-18(14(3)19)11-6-10-17(4)5/h13H,6-12H2,1-5H3,(H,16,20). The third kappa shape index (κ3) is 10.8. The molecular formula is C15H31N3O2. The molecule has 0 saturated carbocycles. The highest BCUT2D eigenvalue weighted by Crippen LogP contribution is 1.98. The van der Waals surface area contributed by atoms with Crippen LogP contribution in [0.3, 0.4) is 0 Å². The van der Waals surface area contributed by atoms with Crippen molar-refractivity contribution in [2.24, 2.45) is 5.92 Å². The normalized spacial score (nSPS) is 10.9. The fourth-order valence-corrected chi connectivity index (χ4v) is 1.83. The molecule has 0 bridgehead atoms.